The highest BCUT2D eigenvalue weighted by Crippen LogP contribution is 2.31. The van der Waals surface area contributed by atoms with Crippen LogP contribution in [0.3, 0.4) is 0 Å². The van der Waals surface area contributed by atoms with Gasteiger partial charge in [0.15, 0.2) is 0 Å². The second-order valence-electron chi connectivity index (χ2n) is 5.72. The number of hydrogen-bond acceptors (Lipinski definition) is 2. The summed E-state index contributed by atoms with van der Waals surface area (Å²) in [7, 11) is 0. The van der Waals surface area contributed by atoms with Crippen LogP contribution in [0.1, 0.15) is 72.1 Å². The lowest BCUT2D eigenvalue weighted by Gasteiger charge is -2.35. The van der Waals surface area contributed by atoms with Crippen molar-refractivity contribution in [3.05, 3.63) is 11.8 Å². The normalized spacial score (nSPS) is 25.1. The van der Waals surface area contributed by atoms with Crippen LogP contribution in [0.2, 0.25) is 0 Å². The van der Waals surface area contributed by atoms with Gasteiger partial charge in [-0.1, -0.05) is 26.2 Å². The molecule has 0 N–H and O–H groups in total. The van der Waals surface area contributed by atoms with Crippen LogP contribution in [-0.2, 0) is 9.47 Å². The fraction of sp³-hybridized carbons (Fsp3) is 0.875. The molecule has 1 aliphatic rings. The average Bonchev–Trinajstić information content (AvgIpc) is 2.31. The van der Waals surface area contributed by atoms with Gasteiger partial charge in [0.05, 0.1) is 18.5 Å². The highest BCUT2D eigenvalue weighted by atomic mass is 16.5. The molecule has 0 saturated carbocycles. The first kappa shape index (κ1) is 15.6. The molecular formula is C16H30O2. The zero-order valence-corrected chi connectivity index (χ0v) is 12.5. The fourth-order valence-electron chi connectivity index (χ4n) is 2.62. The predicted molar refractivity (Wildman–Crippen MR) is 76.7 cm³/mol. The van der Waals surface area contributed by atoms with E-state index in [1.807, 2.05) is 6.26 Å². The molecule has 2 heteroatoms. The lowest BCUT2D eigenvalue weighted by Crippen LogP contribution is -2.33. The Morgan fingerprint density at radius 1 is 1.22 bits per heavy atom. The molecule has 0 aliphatic carbocycles. The van der Waals surface area contributed by atoms with Gasteiger partial charge >= 0.3 is 0 Å². The summed E-state index contributed by atoms with van der Waals surface area (Å²) in [4.78, 5) is 0. The Balaban J connectivity index is 2.31. The maximum atomic E-state index is 6.18. The maximum Gasteiger partial charge on any atom is 0.0874 e. The Hall–Kier alpha value is -0.500. The van der Waals surface area contributed by atoms with E-state index in [9.17, 15) is 0 Å². The van der Waals surface area contributed by atoms with Gasteiger partial charge in [-0.2, -0.15) is 0 Å². The van der Waals surface area contributed by atoms with E-state index in [2.05, 4.69) is 20.8 Å². The van der Waals surface area contributed by atoms with E-state index >= 15 is 0 Å². The van der Waals surface area contributed by atoms with Crippen molar-refractivity contribution >= 4 is 0 Å². The summed E-state index contributed by atoms with van der Waals surface area (Å²) < 4.78 is 11.7. The minimum absolute atomic E-state index is 0.134. The van der Waals surface area contributed by atoms with Crippen LogP contribution in [0.15, 0.2) is 11.8 Å². The topological polar surface area (TPSA) is 18.5 Å². The first-order chi connectivity index (χ1) is 8.68. The first-order valence-electron chi connectivity index (χ1n) is 7.57. The molecule has 106 valence electrons. The molecular weight excluding hydrogens is 224 g/mol. The van der Waals surface area contributed by atoms with E-state index < -0.39 is 0 Å². The van der Waals surface area contributed by atoms with Gasteiger partial charge in [-0.15, -0.1) is 0 Å². The molecule has 2 nitrogen and oxygen atoms in total. The van der Waals surface area contributed by atoms with Crippen molar-refractivity contribution in [2.24, 2.45) is 0 Å². The molecule has 1 unspecified atom stereocenters. The van der Waals surface area contributed by atoms with E-state index in [1.54, 1.807) is 0 Å². The van der Waals surface area contributed by atoms with Crippen LogP contribution in [0.25, 0.3) is 0 Å². The number of rotatable bonds is 6. The Morgan fingerprint density at radius 2 is 2.00 bits per heavy atom. The summed E-state index contributed by atoms with van der Waals surface area (Å²) in [6, 6.07) is 0. The van der Waals surface area contributed by atoms with E-state index in [1.165, 1.54) is 37.7 Å². The number of ether oxygens (including phenoxy) is 2. The van der Waals surface area contributed by atoms with E-state index in [-0.39, 0.29) is 5.60 Å². The smallest absolute Gasteiger partial charge is 0.0874 e. The zero-order valence-electron chi connectivity index (χ0n) is 12.5. The van der Waals surface area contributed by atoms with Gasteiger partial charge in [0, 0.05) is 6.61 Å². The SMILES string of the molecule is CCC1(CCCOC=C(C)C)CCCCCCO1. The summed E-state index contributed by atoms with van der Waals surface area (Å²) in [5.74, 6) is 0. The van der Waals surface area contributed by atoms with Crippen molar-refractivity contribution in [2.45, 2.75) is 77.7 Å². The van der Waals surface area contributed by atoms with Crippen LogP contribution in [0.5, 0.6) is 0 Å². The van der Waals surface area contributed by atoms with Crippen molar-refractivity contribution in [3.8, 4) is 0 Å². The predicted octanol–water partition coefficient (Wildman–Crippen LogP) is 4.84. The summed E-state index contributed by atoms with van der Waals surface area (Å²) in [5, 5.41) is 0. The van der Waals surface area contributed by atoms with Gasteiger partial charge in [0.25, 0.3) is 0 Å². The molecule has 1 aliphatic heterocycles. The molecule has 0 aromatic rings. The average molecular weight is 254 g/mol. The molecule has 0 bridgehead atoms. The maximum absolute atomic E-state index is 6.18. The van der Waals surface area contributed by atoms with Crippen LogP contribution >= 0.6 is 0 Å². The standard InChI is InChI=1S/C16H30O2/c1-4-16(10-7-5-6-8-13-18-16)11-9-12-17-14-15(2)3/h14H,4-13H2,1-3H3. The van der Waals surface area contributed by atoms with Gasteiger partial charge in [0.2, 0.25) is 0 Å². The van der Waals surface area contributed by atoms with Crippen molar-refractivity contribution in [3.63, 3.8) is 0 Å². The molecule has 18 heavy (non-hydrogen) atoms. The summed E-state index contributed by atoms with van der Waals surface area (Å²) in [5.41, 5.74) is 1.36. The van der Waals surface area contributed by atoms with Gasteiger partial charge in [-0.05, 0) is 51.5 Å². The monoisotopic (exact) mass is 254 g/mol. The first-order valence-corrected chi connectivity index (χ1v) is 7.57. The molecule has 0 aromatic carbocycles. The summed E-state index contributed by atoms with van der Waals surface area (Å²) in [6.45, 7) is 8.15. The van der Waals surface area contributed by atoms with Gasteiger partial charge in [-0.3, -0.25) is 0 Å². The number of allylic oxidation sites excluding steroid dienone is 1. The van der Waals surface area contributed by atoms with Crippen LogP contribution < -0.4 is 0 Å². The minimum atomic E-state index is 0.134. The molecule has 1 atom stereocenters. The van der Waals surface area contributed by atoms with Crippen molar-refractivity contribution in [2.75, 3.05) is 13.2 Å². The third-order valence-electron chi connectivity index (χ3n) is 3.79. The van der Waals surface area contributed by atoms with Crippen molar-refractivity contribution in [1.82, 2.24) is 0 Å². The molecule has 0 spiro atoms. The Morgan fingerprint density at radius 3 is 2.72 bits per heavy atom. The highest BCUT2D eigenvalue weighted by molar-refractivity contribution is 4.86. The molecule has 0 radical (unpaired) electrons. The van der Waals surface area contributed by atoms with Gasteiger partial charge in [0.1, 0.15) is 0 Å². The zero-order chi connectivity index (χ0) is 13.3. The van der Waals surface area contributed by atoms with Crippen LogP contribution in [0, 0.1) is 0 Å². The van der Waals surface area contributed by atoms with Gasteiger partial charge < -0.3 is 9.47 Å². The Kier molecular flexibility index (Phi) is 7.41. The van der Waals surface area contributed by atoms with E-state index in [0.29, 0.717) is 0 Å². The second kappa shape index (κ2) is 8.58. The lowest BCUT2D eigenvalue weighted by molar-refractivity contribution is -0.0717. The van der Waals surface area contributed by atoms with Crippen LogP contribution in [0.4, 0.5) is 0 Å². The molecule has 1 saturated heterocycles. The molecule has 0 aromatic heterocycles. The molecule has 1 heterocycles. The third kappa shape index (κ3) is 5.90. The number of hydrogen-bond donors (Lipinski definition) is 0. The van der Waals surface area contributed by atoms with Gasteiger partial charge in [-0.25, -0.2) is 0 Å². The van der Waals surface area contributed by atoms with E-state index in [0.717, 1.165) is 32.5 Å². The fourth-order valence-corrected chi connectivity index (χ4v) is 2.62. The van der Waals surface area contributed by atoms with Crippen LogP contribution in [-0.4, -0.2) is 18.8 Å². The quantitative estimate of drug-likeness (QED) is 0.499. The lowest BCUT2D eigenvalue weighted by atomic mass is 9.87. The van der Waals surface area contributed by atoms with E-state index in [4.69, 9.17) is 9.47 Å². The summed E-state index contributed by atoms with van der Waals surface area (Å²) in [6.07, 6.45) is 11.7. The Bertz CT molecular complexity index is 233. The minimum Gasteiger partial charge on any atom is -0.501 e. The largest absolute Gasteiger partial charge is 0.501 e. The van der Waals surface area contributed by atoms with Crippen molar-refractivity contribution in [1.29, 1.82) is 0 Å². The Labute approximate surface area is 113 Å². The molecule has 0 amide bonds. The second-order valence-corrected chi connectivity index (χ2v) is 5.72. The molecule has 1 fully saturated rings. The van der Waals surface area contributed by atoms with Crippen molar-refractivity contribution < 1.29 is 9.47 Å². The summed E-state index contributed by atoms with van der Waals surface area (Å²) >= 11 is 0. The highest BCUT2D eigenvalue weighted by Gasteiger charge is 2.28. The third-order valence-corrected chi connectivity index (χ3v) is 3.79. The molecule has 1 rings (SSSR count).